The number of benzene rings is 2. The van der Waals surface area contributed by atoms with Crippen LogP contribution in [0.1, 0.15) is 12.5 Å². The lowest BCUT2D eigenvalue weighted by Crippen LogP contribution is -2.47. The van der Waals surface area contributed by atoms with Crippen LogP contribution < -0.4 is 10.6 Å². The third-order valence-electron chi connectivity index (χ3n) is 3.83. The van der Waals surface area contributed by atoms with E-state index in [-0.39, 0.29) is 5.82 Å². The fourth-order valence-corrected chi connectivity index (χ4v) is 3.14. The van der Waals surface area contributed by atoms with Crippen molar-refractivity contribution < 1.29 is 4.39 Å². The third-order valence-corrected chi connectivity index (χ3v) is 4.50. The molecule has 21 heavy (non-hydrogen) atoms. The van der Waals surface area contributed by atoms with Gasteiger partial charge in [-0.2, -0.15) is 0 Å². The van der Waals surface area contributed by atoms with Crippen LogP contribution in [-0.2, 0) is 5.54 Å². The Bertz CT molecular complexity index is 699. The van der Waals surface area contributed by atoms with E-state index < -0.39 is 5.54 Å². The fourth-order valence-electron chi connectivity index (χ4n) is 2.68. The molecule has 0 bridgehead atoms. The Labute approximate surface area is 131 Å². The molecule has 0 saturated carbocycles. The summed E-state index contributed by atoms with van der Waals surface area (Å²) < 4.78 is 14.1. The Morgan fingerprint density at radius 1 is 1.19 bits per heavy atom. The molecule has 5 heteroatoms. The monoisotopic (exact) mass is 347 g/mol. The van der Waals surface area contributed by atoms with Crippen molar-refractivity contribution in [1.29, 1.82) is 0 Å². The van der Waals surface area contributed by atoms with E-state index in [0.717, 1.165) is 15.7 Å². The largest absolute Gasteiger partial charge is 0.369 e. The van der Waals surface area contributed by atoms with E-state index in [1.54, 1.807) is 12.1 Å². The zero-order valence-corrected chi connectivity index (χ0v) is 13.1. The second-order valence-corrected chi connectivity index (χ2v) is 6.10. The molecule has 0 spiro atoms. The molecule has 1 aliphatic heterocycles. The van der Waals surface area contributed by atoms with E-state index in [0.29, 0.717) is 12.5 Å². The van der Waals surface area contributed by atoms with Gasteiger partial charge in [0.05, 0.1) is 17.8 Å². The Balaban J connectivity index is 2.10. The molecular formula is C16H15BrFN3. The summed E-state index contributed by atoms with van der Waals surface area (Å²) >= 11 is 3.56. The van der Waals surface area contributed by atoms with Gasteiger partial charge in [0.2, 0.25) is 0 Å². The number of anilines is 1. The molecule has 108 valence electrons. The summed E-state index contributed by atoms with van der Waals surface area (Å²) in [5, 5.41) is 0. The van der Waals surface area contributed by atoms with Crippen LogP contribution in [0.15, 0.2) is 58.0 Å². The van der Waals surface area contributed by atoms with Crippen LogP contribution in [0.5, 0.6) is 0 Å². The third kappa shape index (κ3) is 2.31. The van der Waals surface area contributed by atoms with Crippen molar-refractivity contribution in [2.75, 3.05) is 11.4 Å². The zero-order chi connectivity index (χ0) is 15.0. The second-order valence-electron chi connectivity index (χ2n) is 5.24. The number of nitrogens with two attached hydrogens (primary N) is 1. The Hall–Kier alpha value is -1.88. The molecule has 1 unspecified atom stereocenters. The lowest BCUT2D eigenvalue weighted by molar-refractivity contribution is 0.529. The van der Waals surface area contributed by atoms with Gasteiger partial charge in [0.25, 0.3) is 0 Å². The highest BCUT2D eigenvalue weighted by atomic mass is 79.9. The topological polar surface area (TPSA) is 41.6 Å². The van der Waals surface area contributed by atoms with Gasteiger partial charge in [-0.05, 0) is 52.7 Å². The number of hydrogen-bond donors (Lipinski definition) is 1. The number of guanidine groups is 1. The molecule has 1 heterocycles. The van der Waals surface area contributed by atoms with Crippen LogP contribution in [-0.4, -0.2) is 12.5 Å². The zero-order valence-electron chi connectivity index (χ0n) is 11.6. The summed E-state index contributed by atoms with van der Waals surface area (Å²) in [4.78, 5) is 6.38. The van der Waals surface area contributed by atoms with Gasteiger partial charge in [0.15, 0.2) is 5.96 Å². The van der Waals surface area contributed by atoms with E-state index in [9.17, 15) is 4.39 Å². The maximum absolute atomic E-state index is 13.2. The first kappa shape index (κ1) is 14.1. The minimum Gasteiger partial charge on any atom is -0.369 e. The predicted octanol–water partition coefficient (Wildman–Crippen LogP) is 3.64. The Morgan fingerprint density at radius 3 is 2.52 bits per heavy atom. The molecule has 2 aromatic carbocycles. The van der Waals surface area contributed by atoms with Crippen molar-refractivity contribution in [3.63, 3.8) is 0 Å². The van der Waals surface area contributed by atoms with Gasteiger partial charge in [-0.3, -0.25) is 9.89 Å². The first-order chi connectivity index (χ1) is 10.0. The van der Waals surface area contributed by atoms with Crippen molar-refractivity contribution in [2.24, 2.45) is 10.7 Å². The number of para-hydroxylation sites is 1. The first-order valence-electron chi connectivity index (χ1n) is 6.63. The number of hydrogen-bond acceptors (Lipinski definition) is 3. The van der Waals surface area contributed by atoms with E-state index >= 15 is 0 Å². The lowest BCUT2D eigenvalue weighted by atomic mass is 9.90. The molecule has 2 N–H and O–H groups in total. The van der Waals surface area contributed by atoms with Crippen LogP contribution in [0.25, 0.3) is 0 Å². The molecule has 0 fully saturated rings. The molecule has 0 aliphatic carbocycles. The van der Waals surface area contributed by atoms with E-state index in [4.69, 9.17) is 5.73 Å². The first-order valence-corrected chi connectivity index (χ1v) is 7.42. The summed E-state index contributed by atoms with van der Waals surface area (Å²) in [6.07, 6.45) is 0. The Morgan fingerprint density at radius 2 is 1.86 bits per heavy atom. The Kier molecular flexibility index (Phi) is 3.45. The molecule has 3 rings (SSSR count). The average Bonchev–Trinajstić information content (AvgIpc) is 2.77. The highest BCUT2D eigenvalue weighted by Gasteiger charge is 2.41. The van der Waals surface area contributed by atoms with E-state index in [1.807, 2.05) is 29.2 Å². The van der Waals surface area contributed by atoms with Gasteiger partial charge >= 0.3 is 0 Å². The minimum atomic E-state index is -0.429. The molecule has 1 atom stereocenters. The van der Waals surface area contributed by atoms with Gasteiger partial charge in [0.1, 0.15) is 5.82 Å². The van der Waals surface area contributed by atoms with Gasteiger partial charge in [0, 0.05) is 4.47 Å². The van der Waals surface area contributed by atoms with Crippen LogP contribution in [0, 0.1) is 5.82 Å². The summed E-state index contributed by atoms with van der Waals surface area (Å²) in [6, 6.07) is 14.4. The number of nitrogens with zero attached hydrogens (tertiary/aromatic N) is 2. The molecule has 0 amide bonds. The van der Waals surface area contributed by atoms with Gasteiger partial charge < -0.3 is 5.73 Å². The summed E-state index contributed by atoms with van der Waals surface area (Å²) in [6.45, 7) is 2.59. The number of aliphatic imine (C=N–C) groups is 1. The molecule has 0 radical (unpaired) electrons. The van der Waals surface area contributed by atoms with Crippen LogP contribution >= 0.6 is 15.9 Å². The lowest BCUT2D eigenvalue weighted by Gasteiger charge is -2.37. The highest BCUT2D eigenvalue weighted by molar-refractivity contribution is 9.10. The van der Waals surface area contributed by atoms with Crippen molar-refractivity contribution in [2.45, 2.75) is 12.5 Å². The second kappa shape index (κ2) is 5.15. The maximum Gasteiger partial charge on any atom is 0.196 e. The molecule has 0 aromatic heterocycles. The predicted molar refractivity (Wildman–Crippen MR) is 86.9 cm³/mol. The van der Waals surface area contributed by atoms with Gasteiger partial charge in [-0.15, -0.1) is 0 Å². The molecule has 0 saturated heterocycles. The van der Waals surface area contributed by atoms with Crippen LogP contribution in [0.3, 0.4) is 0 Å². The van der Waals surface area contributed by atoms with Gasteiger partial charge in [-0.25, -0.2) is 4.39 Å². The van der Waals surface area contributed by atoms with Gasteiger partial charge in [-0.1, -0.05) is 24.3 Å². The highest BCUT2D eigenvalue weighted by Crippen LogP contribution is 2.39. The fraction of sp³-hybridized carbons (Fsp3) is 0.188. The maximum atomic E-state index is 13.2. The molecule has 1 aliphatic rings. The van der Waals surface area contributed by atoms with Crippen LogP contribution in [0.2, 0.25) is 0 Å². The summed E-state index contributed by atoms with van der Waals surface area (Å²) in [7, 11) is 0. The summed E-state index contributed by atoms with van der Waals surface area (Å²) in [5.74, 6) is 0.218. The van der Waals surface area contributed by atoms with Crippen molar-refractivity contribution in [3.05, 3.63) is 64.4 Å². The van der Waals surface area contributed by atoms with Crippen molar-refractivity contribution in [3.8, 4) is 0 Å². The van der Waals surface area contributed by atoms with Crippen molar-refractivity contribution in [1.82, 2.24) is 0 Å². The minimum absolute atomic E-state index is 0.248. The standard InChI is InChI=1S/C16H15BrFN3/c1-16(11-6-8-12(18)9-7-11)10-20-15(19)21(16)14-5-3-2-4-13(14)17/h2-9H,10H2,1H3,(H2,19,20). The SMILES string of the molecule is CC1(c2ccc(F)cc2)CN=C(N)N1c1ccccc1Br. The summed E-state index contributed by atoms with van der Waals surface area (Å²) in [5.41, 5.74) is 7.60. The van der Waals surface area contributed by atoms with E-state index in [1.165, 1.54) is 12.1 Å². The molecular weight excluding hydrogens is 333 g/mol. The number of rotatable bonds is 2. The molecule has 2 aromatic rings. The quantitative estimate of drug-likeness (QED) is 0.900. The van der Waals surface area contributed by atoms with E-state index in [2.05, 4.69) is 27.8 Å². The van der Waals surface area contributed by atoms with Crippen molar-refractivity contribution >= 4 is 27.6 Å². The normalized spacial score (nSPS) is 21.5. The number of halogens is 2. The molecule has 3 nitrogen and oxygen atoms in total. The van der Waals surface area contributed by atoms with Crippen LogP contribution in [0.4, 0.5) is 10.1 Å². The smallest absolute Gasteiger partial charge is 0.196 e. The average molecular weight is 348 g/mol.